The van der Waals surface area contributed by atoms with Gasteiger partial charge in [0.05, 0.1) is 5.75 Å². The van der Waals surface area contributed by atoms with Gasteiger partial charge in [-0.25, -0.2) is 0 Å². The molecule has 0 aromatic heterocycles. The highest BCUT2D eigenvalue weighted by Gasteiger charge is 2.02. The fourth-order valence-corrected chi connectivity index (χ4v) is 2.11. The third-order valence-corrected chi connectivity index (χ3v) is 3.29. The lowest BCUT2D eigenvalue weighted by Gasteiger charge is -2.05. The smallest absolute Gasteiger partial charge is 0.229 e. The first kappa shape index (κ1) is 16.6. The van der Waals surface area contributed by atoms with Crippen molar-refractivity contribution in [3.63, 3.8) is 0 Å². The van der Waals surface area contributed by atoms with Gasteiger partial charge in [0.25, 0.3) is 0 Å². The van der Waals surface area contributed by atoms with Gasteiger partial charge in [-0.2, -0.15) is 11.8 Å². The second-order valence-corrected chi connectivity index (χ2v) is 5.37. The van der Waals surface area contributed by atoms with Crippen molar-refractivity contribution in [3.05, 3.63) is 30.3 Å². The van der Waals surface area contributed by atoms with Crippen LogP contribution in [-0.4, -0.2) is 30.4 Å². The van der Waals surface area contributed by atoms with Crippen LogP contribution in [0.4, 0.5) is 5.69 Å². The molecule has 0 fully saturated rings. The number of para-hydroxylation sites is 1. The molecular weight excluding hydrogens is 272 g/mol. The van der Waals surface area contributed by atoms with E-state index in [2.05, 4.69) is 10.6 Å². The molecule has 0 aliphatic rings. The van der Waals surface area contributed by atoms with Crippen LogP contribution in [0.1, 0.15) is 25.7 Å². The van der Waals surface area contributed by atoms with E-state index in [9.17, 15) is 9.59 Å². The van der Waals surface area contributed by atoms with Crippen molar-refractivity contribution in [1.82, 2.24) is 5.32 Å². The van der Waals surface area contributed by atoms with E-state index >= 15 is 0 Å². The first-order chi connectivity index (χ1) is 9.72. The summed E-state index contributed by atoms with van der Waals surface area (Å²) < 4.78 is 0. The highest BCUT2D eigenvalue weighted by atomic mass is 32.2. The zero-order valence-corrected chi connectivity index (χ0v) is 12.7. The summed E-state index contributed by atoms with van der Waals surface area (Å²) in [6.45, 7) is 0.694. The SMILES string of the molecule is CSCC(=O)NCCCCCC(=O)Nc1ccccc1. The fourth-order valence-electron chi connectivity index (χ4n) is 1.74. The molecule has 0 unspecified atom stereocenters. The average Bonchev–Trinajstić information content (AvgIpc) is 2.44. The first-order valence-electron chi connectivity index (χ1n) is 6.83. The van der Waals surface area contributed by atoms with Crippen molar-refractivity contribution in [3.8, 4) is 0 Å². The molecule has 20 heavy (non-hydrogen) atoms. The molecule has 0 saturated heterocycles. The Morgan fingerprint density at radius 2 is 1.80 bits per heavy atom. The predicted molar refractivity (Wildman–Crippen MR) is 84.9 cm³/mol. The molecule has 1 aromatic carbocycles. The number of thioether (sulfide) groups is 1. The maximum absolute atomic E-state index is 11.7. The number of benzene rings is 1. The second-order valence-electron chi connectivity index (χ2n) is 4.51. The van der Waals surface area contributed by atoms with Gasteiger partial charge in [0, 0.05) is 18.7 Å². The molecule has 0 bridgehead atoms. The van der Waals surface area contributed by atoms with Gasteiger partial charge in [-0.1, -0.05) is 24.6 Å². The number of carbonyl (C=O) groups is 2. The molecule has 0 spiro atoms. The van der Waals surface area contributed by atoms with E-state index < -0.39 is 0 Å². The van der Waals surface area contributed by atoms with Gasteiger partial charge in [0.15, 0.2) is 0 Å². The van der Waals surface area contributed by atoms with E-state index in [0.717, 1.165) is 24.9 Å². The Balaban J connectivity index is 2.01. The highest BCUT2D eigenvalue weighted by molar-refractivity contribution is 7.99. The molecule has 2 amide bonds. The molecule has 0 aliphatic carbocycles. The summed E-state index contributed by atoms with van der Waals surface area (Å²) in [5.41, 5.74) is 0.835. The van der Waals surface area contributed by atoms with Gasteiger partial charge in [0.2, 0.25) is 11.8 Å². The molecule has 1 rings (SSSR count). The van der Waals surface area contributed by atoms with E-state index in [0.29, 0.717) is 18.7 Å². The highest BCUT2D eigenvalue weighted by Crippen LogP contribution is 2.07. The van der Waals surface area contributed by atoms with Crippen LogP contribution in [0.3, 0.4) is 0 Å². The van der Waals surface area contributed by atoms with Crippen molar-refractivity contribution in [2.24, 2.45) is 0 Å². The molecule has 0 aliphatic heterocycles. The van der Waals surface area contributed by atoms with Crippen LogP contribution in [0.5, 0.6) is 0 Å². The topological polar surface area (TPSA) is 58.2 Å². The van der Waals surface area contributed by atoms with E-state index in [4.69, 9.17) is 0 Å². The summed E-state index contributed by atoms with van der Waals surface area (Å²) in [7, 11) is 0. The molecule has 0 saturated carbocycles. The van der Waals surface area contributed by atoms with Crippen molar-refractivity contribution in [1.29, 1.82) is 0 Å². The maximum Gasteiger partial charge on any atom is 0.229 e. The fraction of sp³-hybridized carbons (Fsp3) is 0.467. The molecule has 110 valence electrons. The number of nitrogens with one attached hydrogen (secondary N) is 2. The minimum atomic E-state index is 0.0441. The zero-order chi connectivity index (χ0) is 14.6. The maximum atomic E-state index is 11.7. The van der Waals surface area contributed by atoms with Gasteiger partial charge < -0.3 is 10.6 Å². The Hall–Kier alpha value is -1.49. The molecule has 0 heterocycles. The number of unbranched alkanes of at least 4 members (excludes halogenated alkanes) is 2. The standard InChI is InChI=1S/C15H22N2O2S/c1-20-12-15(19)16-11-7-3-6-10-14(18)17-13-8-4-2-5-9-13/h2,4-5,8-9H,3,6-7,10-12H2,1H3,(H,16,19)(H,17,18). The minimum Gasteiger partial charge on any atom is -0.355 e. The second kappa shape index (κ2) is 10.3. The Morgan fingerprint density at radius 3 is 2.50 bits per heavy atom. The van der Waals surface area contributed by atoms with E-state index in [1.807, 2.05) is 36.6 Å². The Bertz CT molecular complexity index is 410. The number of carbonyl (C=O) groups excluding carboxylic acids is 2. The molecule has 5 heteroatoms. The molecule has 4 nitrogen and oxygen atoms in total. The largest absolute Gasteiger partial charge is 0.355 e. The quantitative estimate of drug-likeness (QED) is 0.688. The van der Waals surface area contributed by atoms with Gasteiger partial charge in [-0.15, -0.1) is 0 Å². The van der Waals surface area contributed by atoms with Crippen LogP contribution in [0.25, 0.3) is 0 Å². The minimum absolute atomic E-state index is 0.0441. The Kier molecular flexibility index (Phi) is 8.54. The van der Waals surface area contributed by atoms with Crippen LogP contribution in [0.2, 0.25) is 0 Å². The zero-order valence-electron chi connectivity index (χ0n) is 11.9. The monoisotopic (exact) mass is 294 g/mol. The van der Waals surface area contributed by atoms with Crippen LogP contribution in [0.15, 0.2) is 30.3 Å². The molecule has 1 aromatic rings. The number of hydrogen-bond acceptors (Lipinski definition) is 3. The van der Waals surface area contributed by atoms with Gasteiger partial charge in [-0.3, -0.25) is 9.59 Å². The van der Waals surface area contributed by atoms with E-state index in [1.165, 1.54) is 11.8 Å². The summed E-state index contributed by atoms with van der Waals surface area (Å²) in [5, 5.41) is 5.71. The van der Waals surface area contributed by atoms with Gasteiger partial charge >= 0.3 is 0 Å². The van der Waals surface area contributed by atoms with Gasteiger partial charge in [-0.05, 0) is 31.2 Å². The summed E-state index contributed by atoms with van der Waals surface area (Å²) in [4.78, 5) is 22.8. The van der Waals surface area contributed by atoms with Crippen LogP contribution in [0, 0.1) is 0 Å². The summed E-state index contributed by atoms with van der Waals surface area (Å²) >= 11 is 1.52. The van der Waals surface area contributed by atoms with Gasteiger partial charge in [0.1, 0.15) is 0 Å². The number of hydrogen-bond donors (Lipinski definition) is 2. The van der Waals surface area contributed by atoms with Crippen LogP contribution in [-0.2, 0) is 9.59 Å². The van der Waals surface area contributed by atoms with Crippen molar-refractivity contribution < 1.29 is 9.59 Å². The number of anilines is 1. The van der Waals surface area contributed by atoms with Crippen molar-refractivity contribution in [2.75, 3.05) is 23.9 Å². The third kappa shape index (κ3) is 7.84. The van der Waals surface area contributed by atoms with E-state index in [1.54, 1.807) is 0 Å². The summed E-state index contributed by atoms with van der Waals surface area (Å²) in [5.74, 6) is 0.640. The lowest BCUT2D eigenvalue weighted by atomic mass is 10.2. The number of amides is 2. The molecule has 0 atom stereocenters. The van der Waals surface area contributed by atoms with Crippen molar-refractivity contribution in [2.45, 2.75) is 25.7 Å². The van der Waals surface area contributed by atoms with Crippen LogP contribution < -0.4 is 10.6 Å². The predicted octanol–water partition coefficient (Wildman–Crippen LogP) is 2.66. The summed E-state index contributed by atoms with van der Waals surface area (Å²) in [6, 6.07) is 9.46. The third-order valence-electron chi connectivity index (χ3n) is 2.74. The normalized spacial score (nSPS) is 10.1. The average molecular weight is 294 g/mol. The summed E-state index contributed by atoms with van der Waals surface area (Å²) in [6.07, 6.45) is 5.14. The first-order valence-corrected chi connectivity index (χ1v) is 8.22. The lowest BCUT2D eigenvalue weighted by Crippen LogP contribution is -2.26. The van der Waals surface area contributed by atoms with Crippen LogP contribution >= 0.6 is 11.8 Å². The molecule has 2 N–H and O–H groups in total. The lowest BCUT2D eigenvalue weighted by molar-refractivity contribution is -0.118. The number of rotatable bonds is 9. The van der Waals surface area contributed by atoms with Crippen molar-refractivity contribution >= 4 is 29.3 Å². The molecular formula is C15H22N2O2S. The van der Waals surface area contributed by atoms with E-state index in [-0.39, 0.29) is 11.8 Å². The Morgan fingerprint density at radius 1 is 1.05 bits per heavy atom. The Labute approximate surface area is 124 Å². The molecule has 0 radical (unpaired) electrons.